The van der Waals surface area contributed by atoms with Crippen LogP contribution in [0.3, 0.4) is 0 Å². The fourth-order valence-electron chi connectivity index (χ4n) is 2.66. The average molecular weight is 405 g/mol. The zero-order valence-corrected chi connectivity index (χ0v) is 14.5. The van der Waals surface area contributed by atoms with E-state index in [4.69, 9.17) is 11.6 Å². The minimum Gasteiger partial charge on any atom is -0.287 e. The van der Waals surface area contributed by atoms with E-state index in [9.17, 15) is 18.0 Å². The molecule has 1 unspecified atom stereocenters. The Balaban J connectivity index is 2.16. The van der Waals surface area contributed by atoms with Crippen LogP contribution in [0.1, 0.15) is 17.3 Å². The van der Waals surface area contributed by atoms with E-state index in [2.05, 4.69) is 15.9 Å². The Bertz CT molecular complexity index is 805. The number of β-lactam (4-membered cyclic amide) rings is 1. The zero-order chi connectivity index (χ0) is 16.2. The van der Waals surface area contributed by atoms with Gasteiger partial charge in [0.2, 0.25) is 11.7 Å². The third-order valence-corrected chi connectivity index (χ3v) is 8.72. The summed E-state index contributed by atoms with van der Waals surface area (Å²) in [5.74, 6) is -0.951. The molecule has 1 saturated heterocycles. The lowest BCUT2D eigenvalue weighted by molar-refractivity contribution is -0.138. The summed E-state index contributed by atoms with van der Waals surface area (Å²) in [5.41, 5.74) is 0.775. The molecule has 0 radical (unpaired) electrons. The summed E-state index contributed by atoms with van der Waals surface area (Å²) in [4.78, 5) is 25.7. The third kappa shape index (κ3) is 1.99. The second kappa shape index (κ2) is 5.18. The normalized spacial score (nSPS) is 29.9. The second-order valence-corrected chi connectivity index (χ2v) is 9.26. The van der Waals surface area contributed by atoms with Gasteiger partial charge in [-0.15, -0.1) is 11.6 Å². The van der Waals surface area contributed by atoms with Crippen LogP contribution >= 0.6 is 27.5 Å². The molecule has 0 saturated carbocycles. The Labute approximate surface area is 141 Å². The Morgan fingerprint density at radius 2 is 1.86 bits per heavy atom. The molecule has 3 rings (SSSR count). The minimum atomic E-state index is -3.70. The number of allylic oxidation sites excluding steroid dienone is 1. The Kier molecular flexibility index (Phi) is 3.70. The summed E-state index contributed by atoms with van der Waals surface area (Å²) in [6, 6.07) is 8.41. The first-order valence-corrected chi connectivity index (χ1v) is 9.39. The second-order valence-electron chi connectivity index (χ2n) is 5.13. The summed E-state index contributed by atoms with van der Waals surface area (Å²) in [6.07, 6.45) is 0. The molecule has 0 spiro atoms. The number of sulfone groups is 1. The maximum Gasteiger partial charge on any atom is 0.249 e. The number of Topliss-reactive ketones (excluding diaryl/α,β-unsaturated/α-hetero) is 1. The molecule has 1 aromatic carbocycles. The van der Waals surface area contributed by atoms with Crippen molar-refractivity contribution in [1.29, 1.82) is 0 Å². The van der Waals surface area contributed by atoms with Gasteiger partial charge in [-0.05, 0) is 12.5 Å². The predicted molar refractivity (Wildman–Crippen MR) is 85.4 cm³/mol. The lowest BCUT2D eigenvalue weighted by Crippen LogP contribution is -2.68. The monoisotopic (exact) mass is 403 g/mol. The van der Waals surface area contributed by atoms with E-state index < -0.39 is 30.7 Å². The van der Waals surface area contributed by atoms with Crippen LogP contribution in [0.4, 0.5) is 0 Å². The van der Waals surface area contributed by atoms with Crippen molar-refractivity contribution in [3.8, 4) is 0 Å². The van der Waals surface area contributed by atoms with Gasteiger partial charge >= 0.3 is 0 Å². The van der Waals surface area contributed by atoms with Crippen LogP contribution in [0.2, 0.25) is 0 Å². The number of nitrogens with zero attached hydrogens (tertiary/aromatic N) is 1. The van der Waals surface area contributed by atoms with Crippen molar-refractivity contribution >= 4 is 49.1 Å². The standard InChI is InChI=1S/C14H11BrClNO4S/c1-7-10(11(18)8-5-3-2-4-6-8)17-13(19)9(16)14(17)22(20,21)12(7)15/h2-6,9,12,14H,1H3/t9-,12?,14-/m0/s1. The highest BCUT2D eigenvalue weighted by atomic mass is 79.9. The average Bonchev–Trinajstić information content (AvgIpc) is 2.52. The van der Waals surface area contributed by atoms with Gasteiger partial charge in [-0.3, -0.25) is 14.5 Å². The molecule has 1 amide bonds. The number of carbonyl (C=O) groups is 2. The number of ketones is 1. The first kappa shape index (κ1) is 15.7. The van der Waals surface area contributed by atoms with Crippen molar-refractivity contribution in [3.05, 3.63) is 47.2 Å². The number of hydrogen-bond donors (Lipinski definition) is 0. The van der Waals surface area contributed by atoms with Gasteiger partial charge in [-0.25, -0.2) is 8.42 Å². The van der Waals surface area contributed by atoms with Crippen molar-refractivity contribution in [2.75, 3.05) is 0 Å². The molecular formula is C14H11BrClNO4S. The van der Waals surface area contributed by atoms with Crippen molar-refractivity contribution in [2.24, 2.45) is 0 Å². The summed E-state index contributed by atoms with van der Waals surface area (Å²) in [6.45, 7) is 1.53. The molecule has 3 atom stereocenters. The van der Waals surface area contributed by atoms with E-state index in [0.717, 1.165) is 4.90 Å². The number of rotatable bonds is 2. The fraction of sp³-hybridized carbons (Fsp3) is 0.286. The molecule has 22 heavy (non-hydrogen) atoms. The Morgan fingerprint density at radius 3 is 2.45 bits per heavy atom. The van der Waals surface area contributed by atoms with Gasteiger partial charge in [-0.2, -0.15) is 0 Å². The molecule has 1 fully saturated rings. The van der Waals surface area contributed by atoms with E-state index in [0.29, 0.717) is 11.1 Å². The third-order valence-electron chi connectivity index (χ3n) is 3.81. The van der Waals surface area contributed by atoms with Gasteiger partial charge in [0.1, 0.15) is 9.54 Å². The van der Waals surface area contributed by atoms with Crippen molar-refractivity contribution in [3.63, 3.8) is 0 Å². The highest BCUT2D eigenvalue weighted by molar-refractivity contribution is 9.11. The van der Waals surface area contributed by atoms with E-state index in [1.54, 1.807) is 30.3 Å². The molecule has 2 aliphatic heterocycles. The topological polar surface area (TPSA) is 71.5 Å². The first-order chi connectivity index (χ1) is 10.3. The summed E-state index contributed by atoms with van der Waals surface area (Å²) >= 11 is 8.97. The minimum absolute atomic E-state index is 0.0924. The fourth-order valence-corrected chi connectivity index (χ4v) is 5.99. The van der Waals surface area contributed by atoms with Gasteiger partial charge < -0.3 is 0 Å². The molecule has 8 heteroatoms. The van der Waals surface area contributed by atoms with Crippen LogP contribution in [-0.4, -0.2) is 39.9 Å². The molecule has 116 valence electrons. The van der Waals surface area contributed by atoms with Crippen LogP contribution in [0.25, 0.3) is 0 Å². The van der Waals surface area contributed by atoms with Crippen LogP contribution in [0.15, 0.2) is 41.6 Å². The highest BCUT2D eigenvalue weighted by Gasteiger charge is 2.61. The number of amides is 1. The number of alkyl halides is 2. The number of hydrogen-bond acceptors (Lipinski definition) is 4. The molecular weight excluding hydrogens is 394 g/mol. The van der Waals surface area contributed by atoms with Crippen LogP contribution in [0, 0.1) is 0 Å². The quantitative estimate of drug-likeness (QED) is 0.430. The van der Waals surface area contributed by atoms with E-state index in [1.165, 1.54) is 6.92 Å². The Hall–Kier alpha value is -1.18. The maximum absolute atomic E-state index is 12.7. The van der Waals surface area contributed by atoms with Gasteiger partial charge in [0.15, 0.2) is 15.2 Å². The van der Waals surface area contributed by atoms with Crippen molar-refractivity contribution in [1.82, 2.24) is 4.90 Å². The van der Waals surface area contributed by atoms with E-state index in [1.807, 2.05) is 0 Å². The van der Waals surface area contributed by atoms with Gasteiger partial charge in [0, 0.05) is 5.56 Å². The molecule has 2 aliphatic rings. The number of carbonyl (C=O) groups excluding carboxylic acids is 2. The summed E-state index contributed by atoms with van der Waals surface area (Å²) in [5, 5.41) is -2.35. The van der Waals surface area contributed by atoms with Crippen LogP contribution in [0.5, 0.6) is 0 Å². The molecule has 0 aliphatic carbocycles. The summed E-state index contributed by atoms with van der Waals surface area (Å²) in [7, 11) is -3.70. The summed E-state index contributed by atoms with van der Waals surface area (Å²) < 4.78 is 23.7. The van der Waals surface area contributed by atoms with Gasteiger partial charge in [0.25, 0.3) is 0 Å². The lowest BCUT2D eigenvalue weighted by Gasteiger charge is -2.48. The lowest BCUT2D eigenvalue weighted by atomic mass is 10.0. The number of benzene rings is 1. The van der Waals surface area contributed by atoms with E-state index in [-0.39, 0.29) is 11.5 Å². The molecule has 2 heterocycles. The largest absolute Gasteiger partial charge is 0.287 e. The number of halogens is 2. The molecule has 0 N–H and O–H groups in total. The Morgan fingerprint density at radius 1 is 1.27 bits per heavy atom. The van der Waals surface area contributed by atoms with Crippen LogP contribution < -0.4 is 0 Å². The van der Waals surface area contributed by atoms with Gasteiger partial charge in [0.05, 0.1) is 5.70 Å². The zero-order valence-electron chi connectivity index (χ0n) is 11.4. The molecule has 0 aromatic heterocycles. The predicted octanol–water partition coefficient (Wildman–Crippen LogP) is 2.07. The number of fused-ring (bicyclic) bond motifs is 1. The molecule has 1 aromatic rings. The van der Waals surface area contributed by atoms with Gasteiger partial charge in [-0.1, -0.05) is 46.3 Å². The molecule has 0 bridgehead atoms. The SMILES string of the molecule is CC1=C(C(=O)c2ccccc2)N2C(=O)[C@H](Cl)[C@@H]2S(=O)(=O)C1Br. The molecule has 5 nitrogen and oxygen atoms in total. The van der Waals surface area contributed by atoms with Crippen LogP contribution in [-0.2, 0) is 14.6 Å². The first-order valence-electron chi connectivity index (χ1n) is 6.43. The van der Waals surface area contributed by atoms with Crippen molar-refractivity contribution in [2.45, 2.75) is 21.8 Å². The van der Waals surface area contributed by atoms with E-state index >= 15 is 0 Å². The smallest absolute Gasteiger partial charge is 0.249 e. The van der Waals surface area contributed by atoms with Crippen molar-refractivity contribution < 1.29 is 18.0 Å². The maximum atomic E-state index is 12.7. The highest BCUT2D eigenvalue weighted by Crippen LogP contribution is 2.44.